The zero-order valence-corrected chi connectivity index (χ0v) is 18.3. The highest BCUT2D eigenvalue weighted by molar-refractivity contribution is 7.89. The van der Waals surface area contributed by atoms with Crippen molar-refractivity contribution in [3.63, 3.8) is 0 Å². The van der Waals surface area contributed by atoms with E-state index < -0.39 is 10.0 Å². The summed E-state index contributed by atoms with van der Waals surface area (Å²) < 4.78 is 29.7. The van der Waals surface area contributed by atoms with Crippen LogP contribution in [-0.4, -0.2) is 35.6 Å². The van der Waals surface area contributed by atoms with E-state index >= 15 is 0 Å². The van der Waals surface area contributed by atoms with Crippen LogP contribution in [0.4, 0.5) is 0 Å². The first kappa shape index (κ1) is 20.3. The molecule has 1 aliphatic heterocycles. The molecular weight excluding hydrogens is 386 g/mol. The van der Waals surface area contributed by atoms with Gasteiger partial charge in [0.2, 0.25) is 10.0 Å². The predicted molar refractivity (Wildman–Crippen MR) is 113 cm³/mol. The molecule has 0 radical (unpaired) electrons. The fraction of sp³-hybridized carbons (Fsp3) is 0.545. The molecular formula is C22H29N3O3S. The molecule has 0 N–H and O–H groups in total. The summed E-state index contributed by atoms with van der Waals surface area (Å²) in [5.74, 6) is 0.565. The molecule has 1 fully saturated rings. The second kappa shape index (κ2) is 7.69. The minimum Gasteiger partial charge on any atom is -0.268 e. The van der Waals surface area contributed by atoms with Crippen LogP contribution in [0.2, 0.25) is 0 Å². The normalized spacial score (nSPS) is 18.6. The summed E-state index contributed by atoms with van der Waals surface area (Å²) >= 11 is 0. The lowest BCUT2D eigenvalue weighted by atomic mass is 9.89. The molecule has 1 aromatic heterocycles. The average molecular weight is 416 g/mol. The molecule has 0 saturated carbocycles. The lowest BCUT2D eigenvalue weighted by Crippen LogP contribution is -2.38. The number of sulfonamides is 1. The summed E-state index contributed by atoms with van der Waals surface area (Å²) in [5.41, 5.74) is 4.04. The summed E-state index contributed by atoms with van der Waals surface area (Å²) in [7, 11) is -1.88. The van der Waals surface area contributed by atoms with Crippen molar-refractivity contribution >= 4 is 10.0 Å². The van der Waals surface area contributed by atoms with Gasteiger partial charge in [0.25, 0.3) is 5.56 Å². The Balaban J connectivity index is 1.81. The smallest absolute Gasteiger partial charge is 0.268 e. The Morgan fingerprint density at radius 3 is 2.41 bits per heavy atom. The first-order chi connectivity index (χ1) is 13.8. The quantitative estimate of drug-likeness (QED) is 0.772. The van der Waals surface area contributed by atoms with E-state index in [2.05, 4.69) is 12.0 Å². The Bertz CT molecular complexity index is 1100. The fourth-order valence-electron chi connectivity index (χ4n) is 4.48. The van der Waals surface area contributed by atoms with Gasteiger partial charge in [0.15, 0.2) is 0 Å². The SMILES string of the molecule is Cc1ccc(-c2nn(C)c(=O)c3c2CCCC3)cc1S(=O)(=O)N1CCC(C)CC1. The maximum absolute atomic E-state index is 13.4. The van der Waals surface area contributed by atoms with Gasteiger partial charge in [-0.3, -0.25) is 4.79 Å². The average Bonchev–Trinajstić information content (AvgIpc) is 2.71. The third kappa shape index (κ3) is 3.66. The molecule has 1 aliphatic carbocycles. The third-order valence-corrected chi connectivity index (χ3v) is 8.42. The van der Waals surface area contributed by atoms with E-state index in [1.807, 2.05) is 19.1 Å². The lowest BCUT2D eigenvalue weighted by molar-refractivity contribution is 0.288. The second-order valence-corrected chi connectivity index (χ2v) is 10.4. The molecule has 0 atom stereocenters. The highest BCUT2D eigenvalue weighted by Gasteiger charge is 2.30. The van der Waals surface area contributed by atoms with E-state index in [9.17, 15) is 13.2 Å². The van der Waals surface area contributed by atoms with Crippen molar-refractivity contribution in [3.8, 4) is 11.3 Å². The Kier molecular flexibility index (Phi) is 5.38. The van der Waals surface area contributed by atoms with E-state index in [1.165, 1.54) is 4.68 Å². The van der Waals surface area contributed by atoms with Gasteiger partial charge in [0, 0.05) is 31.3 Å². The lowest BCUT2D eigenvalue weighted by Gasteiger charge is -2.30. The minimum absolute atomic E-state index is 0.0363. The molecule has 29 heavy (non-hydrogen) atoms. The molecule has 7 heteroatoms. The molecule has 2 heterocycles. The van der Waals surface area contributed by atoms with Gasteiger partial charge >= 0.3 is 0 Å². The van der Waals surface area contributed by atoms with Crippen LogP contribution in [-0.2, 0) is 29.9 Å². The largest absolute Gasteiger partial charge is 0.269 e. The second-order valence-electron chi connectivity index (χ2n) is 8.51. The summed E-state index contributed by atoms with van der Waals surface area (Å²) in [6, 6.07) is 5.54. The van der Waals surface area contributed by atoms with E-state index in [4.69, 9.17) is 0 Å². The van der Waals surface area contributed by atoms with Crippen LogP contribution in [0, 0.1) is 12.8 Å². The van der Waals surface area contributed by atoms with Crippen molar-refractivity contribution in [3.05, 3.63) is 45.2 Å². The van der Waals surface area contributed by atoms with Crippen molar-refractivity contribution in [1.29, 1.82) is 0 Å². The highest BCUT2D eigenvalue weighted by atomic mass is 32.2. The third-order valence-electron chi connectivity index (χ3n) is 6.38. The van der Waals surface area contributed by atoms with E-state index in [0.717, 1.165) is 66.5 Å². The number of aromatic nitrogens is 2. The van der Waals surface area contributed by atoms with Crippen LogP contribution in [0.15, 0.2) is 27.9 Å². The van der Waals surface area contributed by atoms with Gasteiger partial charge in [0.1, 0.15) is 0 Å². The summed E-state index contributed by atoms with van der Waals surface area (Å²) in [6.45, 7) is 5.15. The van der Waals surface area contributed by atoms with Crippen LogP contribution in [0.1, 0.15) is 49.3 Å². The Labute approximate surface area is 172 Å². The number of hydrogen-bond acceptors (Lipinski definition) is 4. The molecule has 6 nitrogen and oxygen atoms in total. The minimum atomic E-state index is -3.55. The Hall–Kier alpha value is -1.99. The first-order valence-electron chi connectivity index (χ1n) is 10.5. The van der Waals surface area contributed by atoms with Crippen molar-refractivity contribution in [2.75, 3.05) is 13.1 Å². The highest BCUT2D eigenvalue weighted by Crippen LogP contribution is 2.32. The van der Waals surface area contributed by atoms with E-state index in [1.54, 1.807) is 17.4 Å². The van der Waals surface area contributed by atoms with E-state index in [0.29, 0.717) is 23.9 Å². The molecule has 1 saturated heterocycles. The molecule has 0 amide bonds. The monoisotopic (exact) mass is 415 g/mol. The van der Waals surface area contributed by atoms with Crippen LogP contribution in [0.3, 0.4) is 0 Å². The molecule has 1 aromatic carbocycles. The van der Waals surface area contributed by atoms with Gasteiger partial charge in [-0.15, -0.1) is 0 Å². The first-order valence-corrected chi connectivity index (χ1v) is 11.9. The summed E-state index contributed by atoms with van der Waals surface area (Å²) in [5, 5.41) is 4.53. The molecule has 0 spiro atoms. The maximum atomic E-state index is 13.4. The molecule has 0 unspecified atom stereocenters. The zero-order chi connectivity index (χ0) is 20.8. The van der Waals surface area contributed by atoms with Crippen LogP contribution < -0.4 is 5.56 Å². The molecule has 0 bridgehead atoms. The van der Waals surface area contributed by atoms with Crippen molar-refractivity contribution in [1.82, 2.24) is 14.1 Å². The number of piperidine rings is 1. The molecule has 2 aliphatic rings. The van der Waals surface area contributed by atoms with Gasteiger partial charge in [-0.1, -0.05) is 19.1 Å². The van der Waals surface area contributed by atoms with Crippen molar-refractivity contribution < 1.29 is 8.42 Å². The summed E-state index contributed by atoms with van der Waals surface area (Å²) in [4.78, 5) is 12.9. The Morgan fingerprint density at radius 2 is 1.72 bits per heavy atom. The predicted octanol–water partition coefficient (Wildman–Crippen LogP) is 3.06. The number of hydrogen-bond donors (Lipinski definition) is 0. The standard InChI is InChI=1S/C22H29N3O3S/c1-15-10-12-25(13-11-15)29(27,28)20-14-17(9-8-16(20)2)21-18-6-4-5-7-19(18)22(26)24(3)23-21/h8-9,14-15H,4-7,10-13H2,1-3H3. The Morgan fingerprint density at radius 1 is 1.07 bits per heavy atom. The number of rotatable bonds is 3. The van der Waals surface area contributed by atoms with Crippen LogP contribution in [0.5, 0.6) is 0 Å². The zero-order valence-electron chi connectivity index (χ0n) is 17.4. The van der Waals surface area contributed by atoms with Gasteiger partial charge < -0.3 is 0 Å². The van der Waals surface area contributed by atoms with Crippen LogP contribution >= 0.6 is 0 Å². The molecule has 2 aromatic rings. The van der Waals surface area contributed by atoms with E-state index in [-0.39, 0.29) is 5.56 Å². The summed E-state index contributed by atoms with van der Waals surface area (Å²) in [6.07, 6.45) is 5.40. The fourth-order valence-corrected chi connectivity index (χ4v) is 6.20. The van der Waals surface area contributed by atoms with Crippen LogP contribution in [0.25, 0.3) is 11.3 Å². The number of benzene rings is 1. The number of fused-ring (bicyclic) bond motifs is 1. The van der Waals surface area contributed by atoms with Gasteiger partial charge in [-0.25, -0.2) is 13.1 Å². The van der Waals surface area contributed by atoms with Gasteiger partial charge in [-0.05, 0) is 68.6 Å². The number of aryl methyl sites for hydroxylation is 2. The molecule has 156 valence electrons. The molecule has 4 rings (SSSR count). The maximum Gasteiger partial charge on any atom is 0.269 e. The topological polar surface area (TPSA) is 72.3 Å². The van der Waals surface area contributed by atoms with Crippen molar-refractivity contribution in [2.45, 2.75) is 57.3 Å². The van der Waals surface area contributed by atoms with Gasteiger partial charge in [-0.2, -0.15) is 9.40 Å². The van der Waals surface area contributed by atoms with Crippen molar-refractivity contribution in [2.24, 2.45) is 13.0 Å². The van der Waals surface area contributed by atoms with Gasteiger partial charge in [0.05, 0.1) is 10.6 Å². The number of nitrogens with zero attached hydrogens (tertiary/aromatic N) is 3.